The van der Waals surface area contributed by atoms with Gasteiger partial charge in [-0.3, -0.25) is 0 Å². The van der Waals surface area contributed by atoms with Crippen LogP contribution in [-0.4, -0.2) is 25.3 Å². The van der Waals surface area contributed by atoms with Crippen molar-refractivity contribution in [1.82, 2.24) is 5.32 Å². The number of nitrogens with one attached hydrogen (secondary N) is 1. The van der Waals surface area contributed by atoms with Crippen LogP contribution in [0.1, 0.15) is 39.5 Å². The van der Waals surface area contributed by atoms with Gasteiger partial charge in [0.05, 0.1) is 12.2 Å². The molecule has 0 spiro atoms. The van der Waals surface area contributed by atoms with E-state index in [1.54, 1.807) is 0 Å². The third-order valence-electron chi connectivity index (χ3n) is 3.69. The van der Waals surface area contributed by atoms with E-state index in [1.165, 1.54) is 25.7 Å². The summed E-state index contributed by atoms with van der Waals surface area (Å²) in [5.41, 5.74) is 0. The molecule has 0 aromatic heterocycles. The van der Waals surface area contributed by atoms with Gasteiger partial charge in [0.15, 0.2) is 0 Å². The number of rotatable bonds is 1. The molecule has 4 unspecified atom stereocenters. The van der Waals surface area contributed by atoms with Crippen LogP contribution in [0.15, 0.2) is 0 Å². The normalized spacial score (nSPS) is 45.0. The van der Waals surface area contributed by atoms with Crippen LogP contribution in [0.3, 0.4) is 0 Å². The fraction of sp³-hybridized carbons (Fsp3) is 1.00. The van der Waals surface area contributed by atoms with Gasteiger partial charge in [-0.2, -0.15) is 0 Å². The Morgan fingerprint density at radius 2 is 2.00 bits per heavy atom. The second-order valence-corrected chi connectivity index (χ2v) is 5.18. The van der Waals surface area contributed by atoms with E-state index in [0.29, 0.717) is 12.2 Å². The van der Waals surface area contributed by atoms with Crippen molar-refractivity contribution in [2.75, 3.05) is 13.1 Å². The van der Waals surface area contributed by atoms with Crippen molar-refractivity contribution in [2.45, 2.75) is 51.7 Å². The van der Waals surface area contributed by atoms with Crippen molar-refractivity contribution in [3.8, 4) is 0 Å². The maximum Gasteiger partial charge on any atom is 0.0731 e. The summed E-state index contributed by atoms with van der Waals surface area (Å²) in [6.07, 6.45) is 6.47. The summed E-state index contributed by atoms with van der Waals surface area (Å²) >= 11 is 0. The molecule has 0 amide bonds. The molecule has 1 N–H and O–H groups in total. The number of hydrogen-bond donors (Lipinski definition) is 1. The average molecular weight is 197 g/mol. The number of ether oxygens (including phenoxy) is 1. The lowest BCUT2D eigenvalue weighted by Crippen LogP contribution is -2.47. The standard InChI is InChI=1S/C12H23NO/c1-9-4-3-5-11(6-9)12-8-13-7-10(2)14-12/h9-13H,3-8H2,1-2H3. The molecule has 1 heterocycles. The van der Waals surface area contributed by atoms with Gasteiger partial charge in [-0.1, -0.05) is 19.8 Å². The van der Waals surface area contributed by atoms with Crippen molar-refractivity contribution >= 4 is 0 Å². The monoisotopic (exact) mass is 197 g/mol. The summed E-state index contributed by atoms with van der Waals surface area (Å²) in [7, 11) is 0. The van der Waals surface area contributed by atoms with Crippen LogP contribution in [-0.2, 0) is 4.74 Å². The van der Waals surface area contributed by atoms with Crippen LogP contribution >= 0.6 is 0 Å². The Bertz CT molecular complexity index is 163. The number of morpholine rings is 1. The minimum atomic E-state index is 0.408. The zero-order chi connectivity index (χ0) is 9.97. The van der Waals surface area contributed by atoms with Crippen molar-refractivity contribution < 1.29 is 4.74 Å². The quantitative estimate of drug-likeness (QED) is 0.696. The van der Waals surface area contributed by atoms with Gasteiger partial charge in [0, 0.05) is 13.1 Å². The Hall–Kier alpha value is -0.0800. The van der Waals surface area contributed by atoms with E-state index in [0.717, 1.165) is 24.9 Å². The molecule has 0 radical (unpaired) electrons. The maximum absolute atomic E-state index is 6.01. The number of hydrogen-bond acceptors (Lipinski definition) is 2. The summed E-state index contributed by atoms with van der Waals surface area (Å²) in [6.45, 7) is 6.65. The minimum absolute atomic E-state index is 0.408. The Balaban J connectivity index is 1.86. The van der Waals surface area contributed by atoms with Gasteiger partial charge in [-0.15, -0.1) is 0 Å². The molecule has 14 heavy (non-hydrogen) atoms. The Morgan fingerprint density at radius 3 is 2.71 bits per heavy atom. The zero-order valence-corrected chi connectivity index (χ0v) is 9.46. The first kappa shape index (κ1) is 10.4. The molecule has 2 heteroatoms. The van der Waals surface area contributed by atoms with Crippen molar-refractivity contribution in [3.05, 3.63) is 0 Å². The van der Waals surface area contributed by atoms with Crippen molar-refractivity contribution in [2.24, 2.45) is 11.8 Å². The summed E-state index contributed by atoms with van der Waals surface area (Å²) < 4.78 is 6.01. The van der Waals surface area contributed by atoms with Gasteiger partial charge in [0.1, 0.15) is 0 Å². The third kappa shape index (κ3) is 2.48. The molecule has 0 bridgehead atoms. The van der Waals surface area contributed by atoms with Crippen LogP contribution in [0.25, 0.3) is 0 Å². The first-order valence-electron chi connectivity index (χ1n) is 6.12. The largest absolute Gasteiger partial charge is 0.372 e. The molecule has 1 aliphatic carbocycles. The van der Waals surface area contributed by atoms with E-state index in [9.17, 15) is 0 Å². The van der Waals surface area contributed by atoms with Crippen LogP contribution in [0, 0.1) is 11.8 Å². The molecule has 2 rings (SSSR count). The Labute approximate surface area is 87.4 Å². The first-order chi connectivity index (χ1) is 6.75. The molecule has 4 atom stereocenters. The second-order valence-electron chi connectivity index (χ2n) is 5.18. The third-order valence-corrected chi connectivity index (χ3v) is 3.69. The summed E-state index contributed by atoms with van der Waals surface area (Å²) in [5, 5.41) is 3.47. The van der Waals surface area contributed by atoms with E-state index < -0.39 is 0 Å². The fourth-order valence-corrected chi connectivity index (χ4v) is 2.92. The van der Waals surface area contributed by atoms with Gasteiger partial charge in [-0.05, 0) is 31.6 Å². The van der Waals surface area contributed by atoms with E-state index in [1.807, 2.05) is 0 Å². The molecule has 1 saturated heterocycles. The molecular weight excluding hydrogens is 174 g/mol. The van der Waals surface area contributed by atoms with E-state index in [-0.39, 0.29) is 0 Å². The van der Waals surface area contributed by atoms with Crippen LogP contribution in [0.5, 0.6) is 0 Å². The first-order valence-corrected chi connectivity index (χ1v) is 6.12. The smallest absolute Gasteiger partial charge is 0.0731 e. The predicted molar refractivity (Wildman–Crippen MR) is 58.3 cm³/mol. The summed E-state index contributed by atoms with van der Waals surface area (Å²) in [6, 6.07) is 0. The molecule has 0 aromatic carbocycles. The van der Waals surface area contributed by atoms with Gasteiger partial charge < -0.3 is 10.1 Å². The van der Waals surface area contributed by atoms with E-state index >= 15 is 0 Å². The minimum Gasteiger partial charge on any atom is -0.372 e. The highest BCUT2D eigenvalue weighted by Crippen LogP contribution is 2.32. The van der Waals surface area contributed by atoms with Crippen LogP contribution < -0.4 is 5.32 Å². The molecule has 2 nitrogen and oxygen atoms in total. The lowest BCUT2D eigenvalue weighted by molar-refractivity contribution is -0.0677. The highest BCUT2D eigenvalue weighted by atomic mass is 16.5. The van der Waals surface area contributed by atoms with Crippen molar-refractivity contribution in [3.63, 3.8) is 0 Å². The average Bonchev–Trinajstić information content (AvgIpc) is 2.18. The van der Waals surface area contributed by atoms with Crippen LogP contribution in [0.4, 0.5) is 0 Å². The van der Waals surface area contributed by atoms with Crippen molar-refractivity contribution in [1.29, 1.82) is 0 Å². The summed E-state index contributed by atoms with van der Waals surface area (Å²) in [5.74, 6) is 1.73. The van der Waals surface area contributed by atoms with Gasteiger partial charge in [-0.25, -0.2) is 0 Å². The van der Waals surface area contributed by atoms with Gasteiger partial charge in [0.25, 0.3) is 0 Å². The topological polar surface area (TPSA) is 21.3 Å². The van der Waals surface area contributed by atoms with E-state index in [2.05, 4.69) is 19.2 Å². The molecular formula is C12H23NO. The molecule has 1 saturated carbocycles. The zero-order valence-electron chi connectivity index (χ0n) is 9.46. The lowest BCUT2D eigenvalue weighted by atomic mass is 9.79. The highest BCUT2D eigenvalue weighted by molar-refractivity contribution is 4.82. The summed E-state index contributed by atoms with van der Waals surface area (Å²) in [4.78, 5) is 0. The second kappa shape index (κ2) is 4.63. The molecule has 2 fully saturated rings. The lowest BCUT2D eigenvalue weighted by Gasteiger charge is -2.37. The van der Waals surface area contributed by atoms with Gasteiger partial charge in [0.2, 0.25) is 0 Å². The van der Waals surface area contributed by atoms with E-state index in [4.69, 9.17) is 4.74 Å². The molecule has 82 valence electrons. The fourth-order valence-electron chi connectivity index (χ4n) is 2.92. The SMILES string of the molecule is CC1CCCC(C2CNCC(C)O2)C1. The maximum atomic E-state index is 6.01. The Morgan fingerprint density at radius 1 is 1.14 bits per heavy atom. The highest BCUT2D eigenvalue weighted by Gasteiger charge is 2.30. The predicted octanol–water partition coefficient (Wildman–Crippen LogP) is 2.19. The molecule has 0 aromatic rings. The molecule has 1 aliphatic heterocycles. The van der Waals surface area contributed by atoms with Gasteiger partial charge >= 0.3 is 0 Å². The van der Waals surface area contributed by atoms with Crippen LogP contribution in [0.2, 0.25) is 0 Å². The Kier molecular flexibility index (Phi) is 3.45. The molecule has 2 aliphatic rings.